The number of nitrogens with zero attached hydrogens (tertiary/aromatic N) is 2. The third-order valence-electron chi connectivity index (χ3n) is 4.14. The molecule has 2 heterocycles. The summed E-state index contributed by atoms with van der Waals surface area (Å²) in [5, 5.41) is 27.3. The van der Waals surface area contributed by atoms with Gasteiger partial charge in [0.2, 0.25) is 17.2 Å². The van der Waals surface area contributed by atoms with Gasteiger partial charge in [0.05, 0.1) is 11.1 Å². The first-order chi connectivity index (χ1) is 12.5. The fraction of sp³-hybridized carbons (Fsp3) is 0.133. The molecule has 0 radical (unpaired) electrons. The van der Waals surface area contributed by atoms with Gasteiger partial charge in [0.1, 0.15) is 17.5 Å². The number of aliphatic carboxylic acids is 1. The van der Waals surface area contributed by atoms with Gasteiger partial charge >= 0.3 is 18.2 Å². The molecule has 1 aromatic carbocycles. The van der Waals surface area contributed by atoms with E-state index in [0.717, 1.165) is 18.2 Å². The van der Waals surface area contributed by atoms with E-state index >= 15 is 0 Å². The fourth-order valence-corrected chi connectivity index (χ4v) is 3.11. The number of hydrogen-bond donors (Lipinski definition) is 3. The van der Waals surface area contributed by atoms with Crippen LogP contribution in [-0.4, -0.2) is 33.0 Å². The molecule has 8 nitrogen and oxygen atoms in total. The van der Waals surface area contributed by atoms with Crippen LogP contribution in [-0.2, 0) is 10.2 Å². The van der Waals surface area contributed by atoms with Gasteiger partial charge in [0.25, 0.3) is 0 Å². The van der Waals surface area contributed by atoms with Crippen molar-refractivity contribution in [1.82, 2.24) is 4.57 Å². The van der Waals surface area contributed by atoms with E-state index in [0.29, 0.717) is 6.07 Å². The maximum atomic E-state index is 14.0. The SMILES string of the molecule is N#CC1=C(N)Oc2c(c3cc(F)ccc3n2C(=O)O)[C@]1(C(=O)O)C(F)(F)F. The van der Waals surface area contributed by atoms with Gasteiger partial charge in [0.15, 0.2) is 0 Å². The molecule has 1 atom stereocenters. The van der Waals surface area contributed by atoms with Crippen LogP contribution in [0.15, 0.2) is 29.7 Å². The second kappa shape index (κ2) is 5.37. The topological polar surface area (TPSA) is 139 Å². The monoisotopic (exact) mass is 385 g/mol. The van der Waals surface area contributed by atoms with E-state index in [9.17, 15) is 37.4 Å². The lowest BCUT2D eigenvalue weighted by atomic mass is 9.72. The van der Waals surface area contributed by atoms with Crippen molar-refractivity contribution in [3.63, 3.8) is 0 Å². The summed E-state index contributed by atoms with van der Waals surface area (Å²) in [7, 11) is 0. The van der Waals surface area contributed by atoms with Crippen LogP contribution in [0.5, 0.6) is 5.88 Å². The van der Waals surface area contributed by atoms with Crippen LogP contribution in [0.25, 0.3) is 10.9 Å². The average molecular weight is 385 g/mol. The number of rotatable bonds is 1. The third-order valence-corrected chi connectivity index (χ3v) is 4.14. The highest BCUT2D eigenvalue weighted by molar-refractivity contribution is 6.02. The molecule has 0 unspecified atom stereocenters. The summed E-state index contributed by atoms with van der Waals surface area (Å²) in [6, 6.07) is 3.20. The largest absolute Gasteiger partial charge is 0.480 e. The van der Waals surface area contributed by atoms with Crippen LogP contribution >= 0.6 is 0 Å². The minimum atomic E-state index is -5.64. The molecule has 0 fully saturated rings. The van der Waals surface area contributed by atoms with Gasteiger partial charge in [-0.1, -0.05) is 0 Å². The number of nitrogens with two attached hydrogens (primary N) is 1. The molecule has 0 aliphatic carbocycles. The number of carboxylic acids is 1. The minimum absolute atomic E-state index is 0.203. The summed E-state index contributed by atoms with van der Waals surface area (Å²) < 4.78 is 60.9. The van der Waals surface area contributed by atoms with Gasteiger partial charge < -0.3 is 20.7 Å². The summed E-state index contributed by atoms with van der Waals surface area (Å²) in [5.41, 5.74) is -1.94. The van der Waals surface area contributed by atoms with Crippen molar-refractivity contribution in [3.05, 3.63) is 41.0 Å². The molecule has 0 bridgehead atoms. The number of nitriles is 1. The number of carboxylic acid groups (broad SMARTS) is 2. The summed E-state index contributed by atoms with van der Waals surface area (Å²) in [6.45, 7) is 0. The first-order valence-electron chi connectivity index (χ1n) is 6.94. The van der Waals surface area contributed by atoms with E-state index in [1.807, 2.05) is 0 Å². The molecule has 12 heteroatoms. The maximum absolute atomic E-state index is 14.0. The molecule has 1 aliphatic rings. The van der Waals surface area contributed by atoms with E-state index in [1.165, 1.54) is 0 Å². The summed E-state index contributed by atoms with van der Waals surface area (Å²) in [4.78, 5) is 23.4. The number of halogens is 4. The molecule has 27 heavy (non-hydrogen) atoms. The number of ether oxygens (including phenoxy) is 1. The van der Waals surface area contributed by atoms with Crippen LogP contribution in [0.1, 0.15) is 5.56 Å². The smallest absolute Gasteiger partial charge is 0.418 e. The quantitative estimate of drug-likeness (QED) is 0.640. The number of benzene rings is 1. The van der Waals surface area contributed by atoms with Crippen molar-refractivity contribution < 1.29 is 42.1 Å². The summed E-state index contributed by atoms with van der Waals surface area (Å²) in [6.07, 6.45) is -7.47. The lowest BCUT2D eigenvalue weighted by Gasteiger charge is -2.35. The van der Waals surface area contributed by atoms with Crippen LogP contribution < -0.4 is 10.5 Å². The second-order valence-electron chi connectivity index (χ2n) is 5.47. The van der Waals surface area contributed by atoms with Gasteiger partial charge in [-0.05, 0) is 18.2 Å². The maximum Gasteiger partial charge on any atom is 0.418 e. The molecule has 0 amide bonds. The fourth-order valence-electron chi connectivity index (χ4n) is 3.11. The molecule has 1 aliphatic heterocycles. The molecular formula is C15H7F4N3O5. The van der Waals surface area contributed by atoms with Crippen molar-refractivity contribution in [2.24, 2.45) is 5.73 Å². The molecule has 140 valence electrons. The molecule has 3 rings (SSSR count). The average Bonchev–Trinajstić information content (AvgIpc) is 2.85. The van der Waals surface area contributed by atoms with Gasteiger partial charge in [-0.2, -0.15) is 18.4 Å². The van der Waals surface area contributed by atoms with Crippen molar-refractivity contribution in [2.45, 2.75) is 11.6 Å². The number of hydrogen-bond acceptors (Lipinski definition) is 5. The Bertz CT molecular complexity index is 1100. The van der Waals surface area contributed by atoms with E-state index in [-0.39, 0.29) is 4.57 Å². The highest BCUT2D eigenvalue weighted by atomic mass is 19.4. The Balaban J connectivity index is 2.67. The molecule has 0 spiro atoms. The van der Waals surface area contributed by atoms with E-state index in [4.69, 9.17) is 15.7 Å². The van der Waals surface area contributed by atoms with Gasteiger partial charge in [-0.15, -0.1) is 0 Å². The Morgan fingerprint density at radius 3 is 2.41 bits per heavy atom. The van der Waals surface area contributed by atoms with Crippen LogP contribution in [0.3, 0.4) is 0 Å². The number of aromatic nitrogens is 1. The predicted octanol–water partition coefficient (Wildman–Crippen LogP) is 2.28. The Morgan fingerprint density at radius 1 is 1.30 bits per heavy atom. The zero-order chi connectivity index (χ0) is 20.3. The number of fused-ring (bicyclic) bond motifs is 3. The lowest BCUT2D eigenvalue weighted by Crippen LogP contribution is -2.53. The Morgan fingerprint density at radius 2 is 1.93 bits per heavy atom. The number of alkyl halides is 3. The lowest BCUT2D eigenvalue weighted by molar-refractivity contribution is -0.197. The first-order valence-corrected chi connectivity index (χ1v) is 6.94. The second-order valence-corrected chi connectivity index (χ2v) is 5.47. The minimum Gasteiger partial charge on any atom is -0.480 e. The zero-order valence-electron chi connectivity index (χ0n) is 12.8. The van der Waals surface area contributed by atoms with Crippen molar-refractivity contribution in [1.29, 1.82) is 5.26 Å². The van der Waals surface area contributed by atoms with Crippen LogP contribution in [0.2, 0.25) is 0 Å². The van der Waals surface area contributed by atoms with Crippen molar-refractivity contribution >= 4 is 23.0 Å². The molecule has 4 N–H and O–H groups in total. The molecule has 1 aromatic heterocycles. The molecule has 0 saturated heterocycles. The van der Waals surface area contributed by atoms with Gasteiger partial charge in [-0.25, -0.2) is 13.8 Å². The predicted molar refractivity (Wildman–Crippen MR) is 78.1 cm³/mol. The van der Waals surface area contributed by atoms with E-state index < -0.39 is 63.3 Å². The highest BCUT2D eigenvalue weighted by Gasteiger charge is 2.70. The normalized spacial score (nSPS) is 19.4. The summed E-state index contributed by atoms with van der Waals surface area (Å²) in [5.74, 6) is -5.92. The Kier molecular flexibility index (Phi) is 3.59. The van der Waals surface area contributed by atoms with Crippen molar-refractivity contribution in [2.75, 3.05) is 0 Å². The standard InChI is InChI=1S/C15H7F4N3O5/c16-5-1-2-8-6(3-5)9-11(22(8)13(25)26)27-10(21)7(4-20)14(9,12(23)24)15(17,18)19/h1-3H,21H2,(H,23,24)(H,25,26)/t14-/m1/s1. The number of carbonyl (C=O) groups is 2. The summed E-state index contributed by atoms with van der Waals surface area (Å²) >= 11 is 0. The highest BCUT2D eigenvalue weighted by Crippen LogP contribution is 2.55. The molecule has 2 aromatic rings. The zero-order valence-corrected chi connectivity index (χ0v) is 12.8. The Hall–Kier alpha value is -3.75. The Labute approximate surface area is 146 Å². The van der Waals surface area contributed by atoms with Gasteiger partial charge in [0, 0.05) is 5.39 Å². The van der Waals surface area contributed by atoms with Crippen molar-refractivity contribution in [3.8, 4) is 11.9 Å². The van der Waals surface area contributed by atoms with Gasteiger partial charge in [-0.3, -0.25) is 4.79 Å². The van der Waals surface area contributed by atoms with E-state index in [1.54, 1.807) is 0 Å². The van der Waals surface area contributed by atoms with E-state index in [2.05, 4.69) is 0 Å². The third kappa shape index (κ3) is 2.08. The molecular weight excluding hydrogens is 378 g/mol. The van der Waals surface area contributed by atoms with Crippen LogP contribution in [0.4, 0.5) is 22.4 Å². The van der Waals surface area contributed by atoms with Crippen LogP contribution in [0, 0.1) is 17.1 Å². The first kappa shape index (κ1) is 18.1. The molecule has 0 saturated carbocycles.